The number of unbranched alkanes of at least 4 members (excludes halogenated alkanes) is 1. The van der Waals surface area contributed by atoms with E-state index in [1.807, 2.05) is 25.2 Å². The molecule has 11 heteroatoms. The SMILES string of the molecule is C=C(/C=C\C(=C/C)N/N=C\C=N)CN1CCC(CC#N)(n2cc(C(N)=O)c(NC(=O)C3CC3)n2)CC1.CCC.CCCC. The first-order chi connectivity index (χ1) is 20.6. The molecule has 1 aliphatic carbocycles. The molecule has 0 spiro atoms. The normalized spacial score (nSPS) is 16.3. The lowest BCUT2D eigenvalue weighted by atomic mass is 9.84. The highest BCUT2D eigenvalue weighted by Crippen LogP contribution is 2.35. The Morgan fingerprint density at radius 1 is 1.23 bits per heavy atom. The van der Waals surface area contributed by atoms with Crippen LogP contribution in [0.15, 0.2) is 47.4 Å². The monoisotopic (exact) mass is 593 g/mol. The van der Waals surface area contributed by atoms with Crippen LogP contribution in [-0.4, -0.2) is 58.6 Å². The summed E-state index contributed by atoms with van der Waals surface area (Å²) in [5, 5.41) is 27.7. The number of rotatable bonds is 13. The fourth-order valence-electron chi connectivity index (χ4n) is 4.11. The molecule has 0 bridgehead atoms. The minimum absolute atomic E-state index is 0.0384. The summed E-state index contributed by atoms with van der Waals surface area (Å²) in [6.07, 6.45) is 16.7. The van der Waals surface area contributed by atoms with Gasteiger partial charge >= 0.3 is 0 Å². The molecule has 2 aliphatic rings. The Morgan fingerprint density at radius 3 is 2.35 bits per heavy atom. The third-order valence-electron chi connectivity index (χ3n) is 6.93. The van der Waals surface area contributed by atoms with E-state index in [2.05, 4.69) is 66.2 Å². The van der Waals surface area contributed by atoms with Crippen LogP contribution < -0.4 is 16.5 Å². The molecule has 0 atom stereocenters. The molecule has 1 aliphatic heterocycles. The molecular formula is C32H51N9O2. The number of nitrogens with one attached hydrogen (secondary N) is 3. The Morgan fingerprint density at radius 2 is 1.86 bits per heavy atom. The number of nitrogens with zero attached hydrogens (tertiary/aromatic N) is 5. The maximum atomic E-state index is 12.3. The first-order valence-corrected chi connectivity index (χ1v) is 15.2. The van der Waals surface area contributed by atoms with Crippen LogP contribution >= 0.6 is 0 Å². The van der Waals surface area contributed by atoms with Gasteiger partial charge in [0.15, 0.2) is 5.82 Å². The van der Waals surface area contributed by atoms with Gasteiger partial charge in [-0.15, -0.1) is 0 Å². The molecule has 3 rings (SSSR count). The molecule has 236 valence electrons. The third kappa shape index (κ3) is 12.8. The van der Waals surface area contributed by atoms with E-state index in [1.165, 1.54) is 25.5 Å². The number of hydrazone groups is 1. The average molecular weight is 594 g/mol. The van der Waals surface area contributed by atoms with Crippen LogP contribution in [-0.2, 0) is 10.3 Å². The van der Waals surface area contributed by atoms with Gasteiger partial charge in [-0.2, -0.15) is 15.5 Å². The maximum absolute atomic E-state index is 12.3. The number of amides is 2. The average Bonchev–Trinajstić information content (AvgIpc) is 3.76. The highest BCUT2D eigenvalue weighted by atomic mass is 16.2. The number of anilines is 1. The smallest absolute Gasteiger partial charge is 0.254 e. The van der Waals surface area contributed by atoms with Crippen LogP contribution in [0.2, 0.25) is 0 Å². The van der Waals surface area contributed by atoms with Crippen LogP contribution in [0.5, 0.6) is 0 Å². The van der Waals surface area contributed by atoms with Gasteiger partial charge in [-0.3, -0.25) is 24.6 Å². The minimum atomic E-state index is -0.668. The predicted octanol–water partition coefficient (Wildman–Crippen LogP) is 5.50. The Labute approximate surface area is 257 Å². The molecule has 11 nitrogen and oxygen atoms in total. The molecule has 0 aromatic carbocycles. The number of carbonyl (C=O) groups excluding carboxylic acids is 2. The summed E-state index contributed by atoms with van der Waals surface area (Å²) in [7, 11) is 0. The van der Waals surface area contributed by atoms with Gasteiger partial charge in [0.1, 0.15) is 5.56 Å². The number of aromatic nitrogens is 2. The Balaban J connectivity index is 0.00000119. The van der Waals surface area contributed by atoms with Crippen molar-refractivity contribution in [2.24, 2.45) is 16.8 Å². The van der Waals surface area contributed by atoms with Crippen molar-refractivity contribution in [3.8, 4) is 6.07 Å². The Bertz CT molecular complexity index is 1180. The molecule has 43 heavy (non-hydrogen) atoms. The topological polar surface area (TPSA) is 165 Å². The van der Waals surface area contributed by atoms with Crippen molar-refractivity contribution in [3.63, 3.8) is 0 Å². The summed E-state index contributed by atoms with van der Waals surface area (Å²) in [6, 6.07) is 2.27. The van der Waals surface area contributed by atoms with Crippen LogP contribution in [0.3, 0.4) is 0 Å². The van der Waals surface area contributed by atoms with Crippen LogP contribution in [0.4, 0.5) is 5.82 Å². The number of allylic oxidation sites excluding steroid dienone is 2. The summed E-state index contributed by atoms with van der Waals surface area (Å²) < 4.78 is 1.66. The molecule has 5 N–H and O–H groups in total. The molecule has 2 fully saturated rings. The van der Waals surface area contributed by atoms with Gasteiger partial charge < -0.3 is 16.5 Å². The van der Waals surface area contributed by atoms with Gasteiger partial charge in [-0.1, -0.05) is 65.7 Å². The van der Waals surface area contributed by atoms with Crippen molar-refractivity contribution < 1.29 is 9.59 Å². The predicted molar refractivity (Wildman–Crippen MR) is 175 cm³/mol. The van der Waals surface area contributed by atoms with Gasteiger partial charge in [0.05, 0.1) is 29.9 Å². The zero-order valence-electron chi connectivity index (χ0n) is 26.7. The number of hydrogen-bond acceptors (Lipinski definition) is 8. The van der Waals surface area contributed by atoms with E-state index >= 15 is 0 Å². The standard InChI is InChI=1S/C25H33N9O2.C4H10.C3H8/c1-3-20(31-29-13-12-27)7-4-18(2)16-33-14-9-25(8-11-26,10-15-33)34-17-21(22(28)35)23(32-34)30-24(36)19-5-6-19;1-3-4-2;1-3-2/h3-4,7,12-13,17,19,27,31H,2,5-6,8-10,14-16H2,1H3,(H2,28,35)(H,30,32,36);3-4H2,1-2H3;3H2,1-2H3/b7-4-,20-3+,27-12?,29-13-;;. The summed E-state index contributed by atoms with van der Waals surface area (Å²) >= 11 is 0. The Hall–Kier alpha value is -4.04. The summed E-state index contributed by atoms with van der Waals surface area (Å²) in [5.41, 5.74) is 9.66. The molecule has 1 saturated heterocycles. The van der Waals surface area contributed by atoms with E-state index in [-0.39, 0.29) is 29.6 Å². The summed E-state index contributed by atoms with van der Waals surface area (Å²) in [4.78, 5) is 26.5. The molecule has 2 amide bonds. The first kappa shape index (κ1) is 37.0. The number of piperidine rings is 1. The zero-order valence-corrected chi connectivity index (χ0v) is 26.7. The molecular weight excluding hydrogens is 542 g/mol. The molecule has 2 heterocycles. The number of primary amides is 1. The van der Waals surface area contributed by atoms with Crippen molar-refractivity contribution in [2.75, 3.05) is 25.0 Å². The highest BCUT2D eigenvalue weighted by Gasteiger charge is 2.39. The molecule has 1 saturated carbocycles. The van der Waals surface area contributed by atoms with Crippen molar-refractivity contribution in [1.29, 1.82) is 10.7 Å². The van der Waals surface area contributed by atoms with Crippen molar-refractivity contribution in [1.82, 2.24) is 20.1 Å². The lowest BCUT2D eigenvalue weighted by molar-refractivity contribution is -0.117. The van der Waals surface area contributed by atoms with E-state index in [0.717, 1.165) is 30.3 Å². The number of carbonyl (C=O) groups is 2. The van der Waals surface area contributed by atoms with Crippen LogP contribution in [0.25, 0.3) is 0 Å². The first-order valence-electron chi connectivity index (χ1n) is 15.2. The Kier molecular flexibility index (Phi) is 17.2. The number of hydrogen-bond donors (Lipinski definition) is 4. The summed E-state index contributed by atoms with van der Waals surface area (Å²) in [6.45, 7) is 16.7. The second kappa shape index (κ2) is 20.0. The van der Waals surface area contributed by atoms with Gasteiger partial charge in [-0.05, 0) is 44.3 Å². The maximum Gasteiger partial charge on any atom is 0.254 e. The lowest BCUT2D eigenvalue weighted by Gasteiger charge is -2.40. The van der Waals surface area contributed by atoms with Crippen LogP contribution in [0, 0.1) is 22.7 Å². The minimum Gasteiger partial charge on any atom is -0.365 e. The van der Waals surface area contributed by atoms with Gasteiger partial charge in [-0.25, -0.2) is 0 Å². The highest BCUT2D eigenvalue weighted by molar-refractivity contribution is 6.14. The largest absolute Gasteiger partial charge is 0.365 e. The molecule has 0 unspecified atom stereocenters. The fourth-order valence-corrected chi connectivity index (χ4v) is 4.11. The number of nitriles is 1. The quantitative estimate of drug-likeness (QED) is 0.134. The summed E-state index contributed by atoms with van der Waals surface area (Å²) in [5.74, 6) is -0.700. The van der Waals surface area contributed by atoms with Gasteiger partial charge in [0.25, 0.3) is 5.91 Å². The van der Waals surface area contributed by atoms with E-state index in [0.29, 0.717) is 32.5 Å². The lowest BCUT2D eigenvalue weighted by Crippen LogP contribution is -2.46. The van der Waals surface area contributed by atoms with Crippen molar-refractivity contribution in [2.45, 2.75) is 91.5 Å². The number of likely N-dealkylation sites (tertiary alicyclic amines) is 1. The fraction of sp³-hybridized carbons (Fsp3) is 0.562. The van der Waals surface area contributed by atoms with Crippen LogP contribution in [0.1, 0.15) is 96.3 Å². The third-order valence-corrected chi connectivity index (χ3v) is 6.93. The zero-order chi connectivity index (χ0) is 32.3. The second-order valence-electron chi connectivity index (χ2n) is 10.8. The van der Waals surface area contributed by atoms with Crippen molar-refractivity contribution >= 4 is 30.1 Å². The molecule has 0 radical (unpaired) electrons. The number of nitrogens with two attached hydrogens (primary N) is 1. The van der Waals surface area contributed by atoms with E-state index in [4.69, 9.17) is 11.1 Å². The van der Waals surface area contributed by atoms with Gasteiger partial charge in [0.2, 0.25) is 5.91 Å². The molecule has 1 aromatic heterocycles. The van der Waals surface area contributed by atoms with E-state index < -0.39 is 11.4 Å². The van der Waals surface area contributed by atoms with E-state index in [1.54, 1.807) is 10.9 Å². The molecule has 1 aromatic rings. The van der Waals surface area contributed by atoms with E-state index in [9.17, 15) is 14.9 Å². The second-order valence-corrected chi connectivity index (χ2v) is 10.8. The van der Waals surface area contributed by atoms with Crippen molar-refractivity contribution in [3.05, 3.63) is 47.8 Å². The van der Waals surface area contributed by atoms with Gasteiger partial charge in [0, 0.05) is 38.0 Å².